The van der Waals surface area contributed by atoms with Crippen LogP contribution in [-0.2, 0) is 28.8 Å². The molecule has 0 aromatic carbocycles. The van der Waals surface area contributed by atoms with Gasteiger partial charge in [-0.05, 0) is 18.8 Å². The molecule has 182 valence electrons. The van der Waals surface area contributed by atoms with Gasteiger partial charge in [0, 0.05) is 12.2 Å². The Morgan fingerprint density at radius 1 is 0.875 bits per heavy atom. The summed E-state index contributed by atoms with van der Waals surface area (Å²) in [5.41, 5.74) is 10.6. The molecule has 0 heterocycles. The predicted octanol–water partition coefficient (Wildman–Crippen LogP) is -2.43. The number of aliphatic carboxylic acids is 2. The molecule has 0 aromatic rings. The zero-order chi connectivity index (χ0) is 25.0. The van der Waals surface area contributed by atoms with Gasteiger partial charge >= 0.3 is 11.9 Å². The number of carboxylic acid groups (broad SMARTS) is 2. The van der Waals surface area contributed by atoms with Crippen LogP contribution in [0.3, 0.4) is 0 Å². The van der Waals surface area contributed by atoms with Gasteiger partial charge in [0.05, 0.1) is 12.5 Å². The van der Waals surface area contributed by atoms with E-state index in [0.717, 1.165) is 0 Å². The first-order valence-electron chi connectivity index (χ1n) is 9.78. The maximum Gasteiger partial charge on any atom is 0.326 e. The van der Waals surface area contributed by atoms with Crippen molar-refractivity contribution in [2.24, 2.45) is 17.4 Å². The van der Waals surface area contributed by atoms with Crippen LogP contribution in [0.25, 0.3) is 0 Å². The lowest BCUT2D eigenvalue weighted by Gasteiger charge is -2.24. The highest BCUT2D eigenvalue weighted by Gasteiger charge is 2.31. The van der Waals surface area contributed by atoms with Crippen molar-refractivity contribution in [3.05, 3.63) is 0 Å². The fourth-order valence-electron chi connectivity index (χ4n) is 2.54. The fourth-order valence-corrected chi connectivity index (χ4v) is 2.70. The van der Waals surface area contributed by atoms with Gasteiger partial charge in [0.15, 0.2) is 0 Å². The highest BCUT2D eigenvalue weighted by Crippen LogP contribution is 2.07. The van der Waals surface area contributed by atoms with E-state index in [4.69, 9.17) is 16.6 Å². The molecule has 14 heteroatoms. The van der Waals surface area contributed by atoms with Crippen LogP contribution in [0.1, 0.15) is 39.5 Å². The molecule has 32 heavy (non-hydrogen) atoms. The van der Waals surface area contributed by atoms with Crippen LogP contribution in [0.15, 0.2) is 0 Å². The Labute approximate surface area is 190 Å². The SMILES string of the molecule is CC(C)CC(NC(=O)C(CCC(N)=O)NC(=O)C(CC(=O)O)NC(=O)C(N)CS)C(=O)O. The second-order valence-corrected chi connectivity index (χ2v) is 7.91. The molecular formula is C18H31N5O8S. The largest absolute Gasteiger partial charge is 0.481 e. The highest BCUT2D eigenvalue weighted by atomic mass is 32.1. The molecule has 0 aromatic heterocycles. The quantitative estimate of drug-likeness (QED) is 0.117. The third-order valence-corrected chi connectivity index (χ3v) is 4.57. The molecule has 0 spiro atoms. The van der Waals surface area contributed by atoms with Crippen molar-refractivity contribution in [3.63, 3.8) is 0 Å². The van der Waals surface area contributed by atoms with E-state index < -0.39 is 66.2 Å². The minimum absolute atomic E-state index is 0.0662. The molecule has 0 saturated carbocycles. The molecule has 0 radical (unpaired) electrons. The lowest BCUT2D eigenvalue weighted by molar-refractivity contribution is -0.143. The first-order chi connectivity index (χ1) is 14.8. The summed E-state index contributed by atoms with van der Waals surface area (Å²) in [4.78, 5) is 70.9. The second kappa shape index (κ2) is 14.2. The van der Waals surface area contributed by atoms with Gasteiger partial charge in [0.1, 0.15) is 18.1 Å². The average molecular weight is 478 g/mol. The molecule has 4 amide bonds. The summed E-state index contributed by atoms with van der Waals surface area (Å²) in [5, 5.41) is 25.1. The summed E-state index contributed by atoms with van der Waals surface area (Å²) in [6.45, 7) is 3.51. The number of amides is 4. The van der Waals surface area contributed by atoms with Crippen molar-refractivity contribution < 1.29 is 39.0 Å². The number of primary amides is 1. The molecule has 9 N–H and O–H groups in total. The molecule has 4 unspecified atom stereocenters. The number of hydrogen-bond donors (Lipinski definition) is 8. The molecule has 4 atom stereocenters. The second-order valence-electron chi connectivity index (χ2n) is 7.54. The van der Waals surface area contributed by atoms with Crippen LogP contribution in [0.5, 0.6) is 0 Å². The van der Waals surface area contributed by atoms with Gasteiger partial charge in [-0.3, -0.25) is 24.0 Å². The van der Waals surface area contributed by atoms with E-state index in [1.165, 1.54) is 0 Å². The predicted molar refractivity (Wildman–Crippen MR) is 115 cm³/mol. The first-order valence-corrected chi connectivity index (χ1v) is 10.4. The number of thiol groups is 1. The highest BCUT2D eigenvalue weighted by molar-refractivity contribution is 7.80. The topological polar surface area (TPSA) is 231 Å². The van der Waals surface area contributed by atoms with Gasteiger partial charge < -0.3 is 37.6 Å². The Balaban J connectivity index is 5.55. The number of nitrogens with one attached hydrogen (secondary N) is 3. The lowest BCUT2D eigenvalue weighted by Crippen LogP contribution is -2.57. The summed E-state index contributed by atoms with van der Waals surface area (Å²) < 4.78 is 0. The number of carbonyl (C=O) groups excluding carboxylic acids is 4. The van der Waals surface area contributed by atoms with Crippen molar-refractivity contribution >= 4 is 48.2 Å². The standard InChI is InChI=1S/C18H31N5O8S/c1-8(2)5-12(18(30)31)23-16(28)10(3-4-13(20)24)21-17(29)11(6-14(25)26)22-15(27)9(19)7-32/h8-12,32H,3-7,19H2,1-2H3,(H2,20,24)(H,21,29)(H,22,27)(H,23,28)(H,25,26)(H,30,31). The number of hydrogen-bond acceptors (Lipinski definition) is 8. The maximum absolute atomic E-state index is 12.6. The molecule has 0 fully saturated rings. The average Bonchev–Trinajstić information content (AvgIpc) is 2.67. The normalized spacial score (nSPS) is 14.5. The summed E-state index contributed by atoms with van der Waals surface area (Å²) >= 11 is 3.85. The summed E-state index contributed by atoms with van der Waals surface area (Å²) in [7, 11) is 0. The van der Waals surface area contributed by atoms with Gasteiger partial charge in [0.2, 0.25) is 23.6 Å². The Bertz CT molecular complexity index is 717. The van der Waals surface area contributed by atoms with E-state index >= 15 is 0 Å². The van der Waals surface area contributed by atoms with Crippen molar-refractivity contribution in [2.45, 2.75) is 63.7 Å². The van der Waals surface area contributed by atoms with Crippen molar-refractivity contribution in [1.29, 1.82) is 0 Å². The van der Waals surface area contributed by atoms with Gasteiger partial charge in [-0.15, -0.1) is 0 Å². The molecule has 0 bridgehead atoms. The molecule has 0 aliphatic heterocycles. The van der Waals surface area contributed by atoms with E-state index in [2.05, 4.69) is 28.6 Å². The van der Waals surface area contributed by atoms with Gasteiger partial charge in [-0.25, -0.2) is 4.79 Å². The molecular weight excluding hydrogens is 446 g/mol. The smallest absolute Gasteiger partial charge is 0.326 e. The van der Waals surface area contributed by atoms with Crippen LogP contribution < -0.4 is 27.4 Å². The summed E-state index contributed by atoms with van der Waals surface area (Å²) in [6.07, 6.45) is -1.30. The van der Waals surface area contributed by atoms with Crippen molar-refractivity contribution in [2.75, 3.05) is 5.75 Å². The fraction of sp³-hybridized carbons (Fsp3) is 0.667. The third-order valence-electron chi connectivity index (χ3n) is 4.18. The van der Waals surface area contributed by atoms with E-state index in [0.29, 0.717) is 0 Å². The van der Waals surface area contributed by atoms with Gasteiger partial charge in [-0.2, -0.15) is 12.6 Å². The zero-order valence-electron chi connectivity index (χ0n) is 17.9. The van der Waals surface area contributed by atoms with E-state index in [9.17, 15) is 33.9 Å². The number of carboxylic acids is 2. The van der Waals surface area contributed by atoms with E-state index in [1.54, 1.807) is 13.8 Å². The summed E-state index contributed by atoms with van der Waals surface area (Å²) in [5.74, 6) is -6.38. The Hall–Kier alpha value is -2.87. The van der Waals surface area contributed by atoms with E-state index in [-0.39, 0.29) is 30.9 Å². The number of nitrogens with two attached hydrogens (primary N) is 2. The molecule has 0 saturated heterocycles. The molecule has 13 nitrogen and oxygen atoms in total. The Kier molecular flexibility index (Phi) is 13.0. The third kappa shape index (κ3) is 11.5. The minimum Gasteiger partial charge on any atom is -0.481 e. The number of rotatable bonds is 15. The van der Waals surface area contributed by atoms with Crippen LogP contribution in [0, 0.1) is 5.92 Å². The minimum atomic E-state index is -1.58. The molecule has 0 rings (SSSR count). The lowest BCUT2D eigenvalue weighted by atomic mass is 10.0. The maximum atomic E-state index is 12.6. The van der Waals surface area contributed by atoms with Gasteiger partial charge in [-0.1, -0.05) is 13.8 Å². The van der Waals surface area contributed by atoms with Crippen molar-refractivity contribution in [3.8, 4) is 0 Å². The monoisotopic (exact) mass is 477 g/mol. The van der Waals surface area contributed by atoms with Crippen LogP contribution in [0.2, 0.25) is 0 Å². The van der Waals surface area contributed by atoms with E-state index in [1.807, 2.05) is 0 Å². The van der Waals surface area contributed by atoms with Crippen LogP contribution >= 0.6 is 12.6 Å². The zero-order valence-corrected chi connectivity index (χ0v) is 18.8. The van der Waals surface area contributed by atoms with Crippen molar-refractivity contribution in [1.82, 2.24) is 16.0 Å². The molecule has 0 aliphatic carbocycles. The van der Waals surface area contributed by atoms with Crippen LogP contribution in [0.4, 0.5) is 0 Å². The number of carbonyl (C=O) groups is 6. The summed E-state index contributed by atoms with van der Waals surface area (Å²) in [6, 6.07) is -5.35. The first kappa shape index (κ1) is 29.1. The van der Waals surface area contributed by atoms with Gasteiger partial charge in [0.25, 0.3) is 0 Å². The van der Waals surface area contributed by atoms with Crippen LogP contribution in [-0.4, -0.2) is 75.7 Å². The Morgan fingerprint density at radius 2 is 1.38 bits per heavy atom. The Morgan fingerprint density at radius 3 is 1.81 bits per heavy atom. The molecule has 0 aliphatic rings.